The highest BCUT2D eigenvalue weighted by Crippen LogP contribution is 2.34. The molecule has 0 radical (unpaired) electrons. The van der Waals surface area contributed by atoms with Crippen LogP contribution in [0.3, 0.4) is 0 Å². The van der Waals surface area contributed by atoms with E-state index < -0.39 is 0 Å². The quantitative estimate of drug-likeness (QED) is 0.576. The lowest BCUT2D eigenvalue weighted by Crippen LogP contribution is -2.34. The highest BCUT2D eigenvalue weighted by atomic mass is 16.1. The van der Waals surface area contributed by atoms with Crippen molar-refractivity contribution in [1.82, 2.24) is 15.3 Å². The zero-order valence-corrected chi connectivity index (χ0v) is 14.3. The van der Waals surface area contributed by atoms with E-state index in [1.54, 1.807) is 43.6 Å². The molecule has 3 rings (SSSR count). The van der Waals surface area contributed by atoms with Gasteiger partial charge in [0.15, 0.2) is 5.82 Å². The van der Waals surface area contributed by atoms with Crippen molar-refractivity contribution in [3.63, 3.8) is 0 Å². The minimum Gasteiger partial charge on any atom is -0.398 e. The van der Waals surface area contributed by atoms with Crippen LogP contribution in [0.5, 0.6) is 0 Å². The van der Waals surface area contributed by atoms with Crippen molar-refractivity contribution in [2.75, 3.05) is 5.73 Å². The Balaban J connectivity index is 1.85. The molecule has 0 aliphatic heterocycles. The summed E-state index contributed by atoms with van der Waals surface area (Å²) in [4.78, 5) is 21.5. The van der Waals surface area contributed by atoms with Crippen molar-refractivity contribution in [3.8, 4) is 0 Å². The van der Waals surface area contributed by atoms with E-state index in [0.29, 0.717) is 34.3 Å². The number of rotatable bonds is 5. The molecular formula is C19H23N5O. The number of nitrogens with two attached hydrogens (primary N) is 1. The van der Waals surface area contributed by atoms with E-state index in [2.05, 4.69) is 15.3 Å². The smallest absolute Gasteiger partial charge is 0.251 e. The molecule has 1 fully saturated rings. The van der Waals surface area contributed by atoms with Crippen LogP contribution in [0.15, 0.2) is 36.7 Å². The summed E-state index contributed by atoms with van der Waals surface area (Å²) in [5.74, 6) is 0.817. The number of amides is 1. The average Bonchev–Trinajstić information content (AvgIpc) is 3.14. The van der Waals surface area contributed by atoms with E-state index in [9.17, 15) is 4.79 Å². The maximum absolute atomic E-state index is 12.8. The average molecular weight is 337 g/mol. The molecule has 1 unspecified atom stereocenters. The molecule has 1 aliphatic carbocycles. The van der Waals surface area contributed by atoms with E-state index in [4.69, 9.17) is 11.1 Å². The van der Waals surface area contributed by atoms with Crippen LogP contribution >= 0.6 is 0 Å². The first-order valence-corrected chi connectivity index (χ1v) is 8.59. The highest BCUT2D eigenvalue weighted by molar-refractivity contribution is 6.04. The maximum Gasteiger partial charge on any atom is 0.251 e. The van der Waals surface area contributed by atoms with Gasteiger partial charge in [-0.15, -0.1) is 0 Å². The summed E-state index contributed by atoms with van der Waals surface area (Å²) in [6.45, 7) is 1.66. The minimum atomic E-state index is -0.196. The molecule has 6 heteroatoms. The molecule has 1 heterocycles. The van der Waals surface area contributed by atoms with Gasteiger partial charge in [-0.05, 0) is 49.9 Å². The lowest BCUT2D eigenvalue weighted by atomic mass is 9.96. The van der Waals surface area contributed by atoms with E-state index in [0.717, 1.165) is 12.8 Å². The number of hydrogen-bond donors (Lipinski definition) is 3. The standard InChI is InChI=1S/C19H23N5O/c1-12(20)15-11-14(7-8-16(15)21)19(25)24-17(13-5-2-3-6-13)18-22-9-4-10-23-18/h4,7-11,13,17,20H,2-3,5-6,21H2,1H3,(H,24,25). The summed E-state index contributed by atoms with van der Waals surface area (Å²) >= 11 is 0. The number of nitrogen functional groups attached to an aromatic ring is 1. The van der Waals surface area contributed by atoms with Gasteiger partial charge in [0.25, 0.3) is 5.91 Å². The number of hydrogen-bond acceptors (Lipinski definition) is 5. The van der Waals surface area contributed by atoms with Crippen LogP contribution in [-0.2, 0) is 0 Å². The number of nitrogens with zero attached hydrogens (tertiary/aromatic N) is 2. The Morgan fingerprint density at radius 3 is 2.60 bits per heavy atom. The maximum atomic E-state index is 12.8. The molecule has 1 aromatic heterocycles. The Hall–Kier alpha value is -2.76. The van der Waals surface area contributed by atoms with Crippen molar-refractivity contribution in [1.29, 1.82) is 5.41 Å². The summed E-state index contributed by atoms with van der Waals surface area (Å²) in [6.07, 6.45) is 7.88. The van der Waals surface area contributed by atoms with Crippen molar-refractivity contribution < 1.29 is 4.79 Å². The minimum absolute atomic E-state index is 0.188. The lowest BCUT2D eigenvalue weighted by molar-refractivity contribution is 0.0919. The molecule has 6 nitrogen and oxygen atoms in total. The Bertz CT molecular complexity index is 769. The largest absolute Gasteiger partial charge is 0.398 e. The summed E-state index contributed by atoms with van der Waals surface area (Å²) in [7, 11) is 0. The van der Waals surface area contributed by atoms with Crippen molar-refractivity contribution in [3.05, 3.63) is 53.6 Å². The van der Waals surface area contributed by atoms with Gasteiger partial charge in [-0.2, -0.15) is 0 Å². The van der Waals surface area contributed by atoms with Crippen molar-refractivity contribution in [2.45, 2.75) is 38.6 Å². The fourth-order valence-electron chi connectivity index (χ4n) is 3.40. The molecule has 1 saturated carbocycles. The fourth-order valence-corrected chi connectivity index (χ4v) is 3.40. The number of nitrogens with one attached hydrogen (secondary N) is 2. The molecular weight excluding hydrogens is 314 g/mol. The van der Waals surface area contributed by atoms with Crippen LogP contribution in [0.4, 0.5) is 5.69 Å². The zero-order chi connectivity index (χ0) is 17.8. The van der Waals surface area contributed by atoms with Crippen molar-refractivity contribution >= 4 is 17.3 Å². The van der Waals surface area contributed by atoms with Gasteiger partial charge < -0.3 is 16.5 Å². The first kappa shape index (κ1) is 17.1. The first-order chi connectivity index (χ1) is 12.1. The molecule has 1 amide bonds. The Labute approximate surface area is 147 Å². The molecule has 4 N–H and O–H groups in total. The van der Waals surface area contributed by atoms with Gasteiger partial charge in [0.05, 0.1) is 6.04 Å². The molecule has 0 spiro atoms. The van der Waals surface area contributed by atoms with Crippen LogP contribution in [0, 0.1) is 11.3 Å². The van der Waals surface area contributed by atoms with Crippen LogP contribution < -0.4 is 11.1 Å². The SMILES string of the molecule is CC(=N)c1cc(C(=O)NC(c2ncccn2)C2CCCC2)ccc1N. The van der Waals surface area contributed by atoms with E-state index in [-0.39, 0.29) is 11.9 Å². The summed E-state index contributed by atoms with van der Waals surface area (Å²) in [5, 5.41) is 10.9. The van der Waals surface area contributed by atoms with Crippen LogP contribution in [-0.4, -0.2) is 21.6 Å². The van der Waals surface area contributed by atoms with E-state index in [1.807, 2.05) is 0 Å². The molecule has 1 aromatic carbocycles. The fraction of sp³-hybridized carbons (Fsp3) is 0.368. The second-order valence-electron chi connectivity index (χ2n) is 6.53. The summed E-state index contributed by atoms with van der Waals surface area (Å²) < 4.78 is 0. The van der Waals surface area contributed by atoms with E-state index in [1.165, 1.54) is 12.8 Å². The lowest BCUT2D eigenvalue weighted by Gasteiger charge is -2.23. The number of carbonyl (C=O) groups is 1. The molecule has 0 saturated heterocycles. The summed E-state index contributed by atoms with van der Waals surface area (Å²) in [5.41, 5.74) is 7.81. The number of aromatic nitrogens is 2. The molecule has 130 valence electrons. The highest BCUT2D eigenvalue weighted by Gasteiger charge is 2.30. The molecule has 1 atom stereocenters. The van der Waals surface area contributed by atoms with Gasteiger partial charge in [0, 0.05) is 34.9 Å². The Morgan fingerprint density at radius 2 is 1.96 bits per heavy atom. The van der Waals surface area contributed by atoms with Gasteiger partial charge in [-0.25, -0.2) is 9.97 Å². The number of anilines is 1. The number of benzene rings is 1. The predicted octanol–water partition coefficient (Wildman–Crippen LogP) is 3.11. The summed E-state index contributed by atoms with van der Waals surface area (Å²) in [6, 6.07) is 6.61. The Morgan fingerprint density at radius 1 is 1.28 bits per heavy atom. The van der Waals surface area contributed by atoms with Gasteiger partial charge in [-0.1, -0.05) is 12.8 Å². The predicted molar refractivity (Wildman–Crippen MR) is 97.6 cm³/mol. The van der Waals surface area contributed by atoms with Gasteiger partial charge in [0.1, 0.15) is 0 Å². The van der Waals surface area contributed by atoms with Gasteiger partial charge in [0.2, 0.25) is 0 Å². The van der Waals surface area contributed by atoms with Crippen LogP contribution in [0.2, 0.25) is 0 Å². The topological polar surface area (TPSA) is 105 Å². The van der Waals surface area contributed by atoms with Crippen LogP contribution in [0.1, 0.15) is 60.4 Å². The van der Waals surface area contributed by atoms with E-state index >= 15 is 0 Å². The van der Waals surface area contributed by atoms with Gasteiger partial charge in [-0.3, -0.25) is 4.79 Å². The van der Waals surface area contributed by atoms with Gasteiger partial charge >= 0.3 is 0 Å². The third kappa shape index (κ3) is 3.84. The van der Waals surface area contributed by atoms with Crippen molar-refractivity contribution in [2.24, 2.45) is 5.92 Å². The molecule has 2 aromatic rings. The molecule has 0 bridgehead atoms. The second kappa shape index (κ2) is 7.42. The normalized spacial score (nSPS) is 15.7. The second-order valence-corrected chi connectivity index (χ2v) is 6.53. The Kier molecular flexibility index (Phi) is 5.07. The third-order valence-corrected chi connectivity index (χ3v) is 4.74. The number of carbonyl (C=O) groups excluding carboxylic acids is 1. The van der Waals surface area contributed by atoms with Crippen LogP contribution in [0.25, 0.3) is 0 Å². The monoisotopic (exact) mass is 337 g/mol. The first-order valence-electron chi connectivity index (χ1n) is 8.59. The third-order valence-electron chi connectivity index (χ3n) is 4.74. The molecule has 1 aliphatic rings. The zero-order valence-electron chi connectivity index (χ0n) is 14.3. The molecule has 25 heavy (non-hydrogen) atoms.